The molecule has 7 nitrogen and oxygen atoms in total. The van der Waals surface area contributed by atoms with Crippen LogP contribution < -0.4 is 11.2 Å². The number of carbonyl (C=O) groups is 1. The summed E-state index contributed by atoms with van der Waals surface area (Å²) in [7, 11) is 1.50. The molecular formula is C11H16N2O5. The van der Waals surface area contributed by atoms with Crippen molar-refractivity contribution in [3.8, 4) is 0 Å². The van der Waals surface area contributed by atoms with Gasteiger partial charge in [-0.2, -0.15) is 0 Å². The number of ether oxygens (including phenoxy) is 2. The number of hydrogen-bond donors (Lipinski definition) is 1. The molecule has 100 valence electrons. The number of aryl methyl sites for hydroxylation is 2. The molecule has 0 fully saturated rings. The second kappa shape index (κ2) is 6.75. The van der Waals surface area contributed by atoms with Crippen LogP contribution in [0.15, 0.2) is 15.8 Å². The largest absolute Gasteiger partial charge is 0.465 e. The van der Waals surface area contributed by atoms with E-state index in [1.807, 2.05) is 0 Å². The van der Waals surface area contributed by atoms with E-state index in [1.54, 1.807) is 6.92 Å². The first-order valence-electron chi connectivity index (χ1n) is 5.47. The van der Waals surface area contributed by atoms with Crippen LogP contribution in [0, 0.1) is 6.92 Å². The van der Waals surface area contributed by atoms with Gasteiger partial charge in [0.05, 0.1) is 6.10 Å². The van der Waals surface area contributed by atoms with E-state index in [0.717, 1.165) is 0 Å². The van der Waals surface area contributed by atoms with Crippen LogP contribution in [0.4, 0.5) is 0 Å². The molecule has 1 rings (SSSR count). The van der Waals surface area contributed by atoms with Crippen LogP contribution >= 0.6 is 0 Å². The van der Waals surface area contributed by atoms with Gasteiger partial charge >= 0.3 is 5.69 Å². The number of carbonyl (C=O) groups excluding carboxylic acids is 1. The minimum absolute atomic E-state index is 0.136. The maximum Gasteiger partial charge on any atom is 0.328 e. The molecule has 7 heteroatoms. The Hall–Kier alpha value is -1.89. The van der Waals surface area contributed by atoms with Crippen molar-refractivity contribution >= 4 is 6.47 Å². The smallest absolute Gasteiger partial charge is 0.328 e. The minimum atomic E-state index is -0.461. The molecule has 0 radical (unpaired) electrons. The first-order chi connectivity index (χ1) is 8.58. The molecule has 0 spiro atoms. The molecule has 1 heterocycles. The van der Waals surface area contributed by atoms with Crippen LogP contribution in [-0.2, 0) is 20.8 Å². The van der Waals surface area contributed by atoms with Gasteiger partial charge in [-0.05, 0) is 13.3 Å². The Balaban J connectivity index is 2.67. The molecule has 1 aromatic rings. The minimum Gasteiger partial charge on any atom is -0.465 e. The van der Waals surface area contributed by atoms with Crippen LogP contribution in [0.1, 0.15) is 12.0 Å². The molecule has 1 atom stereocenters. The normalized spacial score (nSPS) is 12.1. The summed E-state index contributed by atoms with van der Waals surface area (Å²) in [5, 5.41) is 0. The Morgan fingerprint density at radius 1 is 1.50 bits per heavy atom. The van der Waals surface area contributed by atoms with E-state index in [1.165, 1.54) is 17.9 Å². The van der Waals surface area contributed by atoms with Gasteiger partial charge in [0.1, 0.15) is 6.61 Å². The lowest BCUT2D eigenvalue weighted by Crippen LogP contribution is -2.32. The van der Waals surface area contributed by atoms with Gasteiger partial charge in [0.2, 0.25) is 0 Å². The van der Waals surface area contributed by atoms with Crippen LogP contribution in [-0.4, -0.2) is 35.8 Å². The number of rotatable bonds is 7. The monoisotopic (exact) mass is 256 g/mol. The first kappa shape index (κ1) is 14.2. The second-order valence-corrected chi connectivity index (χ2v) is 3.84. The molecule has 0 saturated heterocycles. The van der Waals surface area contributed by atoms with Crippen LogP contribution in [0.2, 0.25) is 0 Å². The van der Waals surface area contributed by atoms with Crippen molar-refractivity contribution in [2.24, 2.45) is 0 Å². The lowest BCUT2D eigenvalue weighted by atomic mass is 10.2. The van der Waals surface area contributed by atoms with E-state index < -0.39 is 5.69 Å². The van der Waals surface area contributed by atoms with E-state index in [0.29, 0.717) is 25.0 Å². The average Bonchev–Trinajstić information content (AvgIpc) is 2.35. The summed E-state index contributed by atoms with van der Waals surface area (Å²) < 4.78 is 11.1. The maximum absolute atomic E-state index is 11.5. The molecule has 0 aromatic carbocycles. The predicted molar refractivity (Wildman–Crippen MR) is 63.5 cm³/mol. The Kier molecular flexibility index (Phi) is 5.31. The summed E-state index contributed by atoms with van der Waals surface area (Å²) in [6.07, 6.45) is 1.71. The van der Waals surface area contributed by atoms with E-state index in [4.69, 9.17) is 4.74 Å². The molecule has 1 unspecified atom stereocenters. The fourth-order valence-corrected chi connectivity index (χ4v) is 1.48. The van der Waals surface area contributed by atoms with Crippen molar-refractivity contribution in [2.75, 3.05) is 13.7 Å². The van der Waals surface area contributed by atoms with E-state index in [2.05, 4.69) is 9.72 Å². The third-order valence-corrected chi connectivity index (χ3v) is 2.56. The molecule has 0 bridgehead atoms. The zero-order chi connectivity index (χ0) is 13.5. The van der Waals surface area contributed by atoms with Crippen molar-refractivity contribution in [3.05, 3.63) is 32.6 Å². The van der Waals surface area contributed by atoms with Crippen molar-refractivity contribution in [2.45, 2.75) is 26.0 Å². The zero-order valence-electron chi connectivity index (χ0n) is 10.3. The highest BCUT2D eigenvalue weighted by Crippen LogP contribution is 2.00. The van der Waals surface area contributed by atoms with Gasteiger partial charge in [-0.1, -0.05) is 0 Å². The van der Waals surface area contributed by atoms with Gasteiger partial charge in [-0.3, -0.25) is 14.6 Å². The molecule has 0 aliphatic heterocycles. The summed E-state index contributed by atoms with van der Waals surface area (Å²) in [5.41, 5.74) is -0.381. The van der Waals surface area contributed by atoms with Gasteiger partial charge < -0.3 is 14.0 Å². The lowest BCUT2D eigenvalue weighted by Gasteiger charge is -2.14. The Morgan fingerprint density at radius 3 is 2.83 bits per heavy atom. The third-order valence-electron chi connectivity index (χ3n) is 2.56. The van der Waals surface area contributed by atoms with Gasteiger partial charge in [0.15, 0.2) is 0 Å². The first-order valence-corrected chi connectivity index (χ1v) is 5.47. The van der Waals surface area contributed by atoms with Crippen LogP contribution in [0.5, 0.6) is 0 Å². The number of aromatic amines is 1. The second-order valence-electron chi connectivity index (χ2n) is 3.84. The Labute approximate surface area is 103 Å². The number of nitrogens with zero attached hydrogens (tertiary/aromatic N) is 1. The highest BCUT2D eigenvalue weighted by Gasteiger charge is 2.09. The molecule has 0 aliphatic carbocycles. The summed E-state index contributed by atoms with van der Waals surface area (Å²) >= 11 is 0. The quantitative estimate of drug-likeness (QED) is 0.659. The Bertz CT molecular complexity index is 505. The van der Waals surface area contributed by atoms with Gasteiger partial charge in [0.25, 0.3) is 12.0 Å². The molecular weight excluding hydrogens is 240 g/mol. The van der Waals surface area contributed by atoms with Crippen molar-refractivity contribution in [1.29, 1.82) is 0 Å². The van der Waals surface area contributed by atoms with E-state index in [9.17, 15) is 14.4 Å². The van der Waals surface area contributed by atoms with Crippen molar-refractivity contribution in [1.82, 2.24) is 9.55 Å². The lowest BCUT2D eigenvalue weighted by molar-refractivity contribution is -0.132. The number of methoxy groups -OCH3 is 1. The van der Waals surface area contributed by atoms with Gasteiger partial charge in [-0.25, -0.2) is 4.79 Å². The van der Waals surface area contributed by atoms with Crippen molar-refractivity contribution in [3.63, 3.8) is 0 Å². The van der Waals surface area contributed by atoms with Gasteiger partial charge in [-0.15, -0.1) is 0 Å². The van der Waals surface area contributed by atoms with Gasteiger partial charge in [0, 0.05) is 25.4 Å². The molecule has 0 amide bonds. The molecule has 0 saturated carbocycles. The highest BCUT2D eigenvalue weighted by atomic mass is 16.5. The fourth-order valence-electron chi connectivity index (χ4n) is 1.48. The van der Waals surface area contributed by atoms with Crippen LogP contribution in [0.25, 0.3) is 0 Å². The third kappa shape index (κ3) is 3.85. The standard InChI is InChI=1S/C11H16N2O5/c1-8-5-13(11(16)12-10(8)15)4-3-9(17-2)6-18-7-14/h5,7,9H,3-4,6H2,1-2H3,(H,12,15,16). The number of nitrogens with one attached hydrogen (secondary N) is 1. The summed E-state index contributed by atoms with van der Waals surface area (Å²) in [5.74, 6) is 0. The Morgan fingerprint density at radius 2 is 2.22 bits per heavy atom. The average molecular weight is 256 g/mol. The summed E-state index contributed by atoms with van der Waals surface area (Å²) in [4.78, 5) is 34.9. The molecule has 0 aliphatic rings. The van der Waals surface area contributed by atoms with Crippen molar-refractivity contribution < 1.29 is 14.3 Å². The topological polar surface area (TPSA) is 90.4 Å². The zero-order valence-corrected chi connectivity index (χ0v) is 10.3. The fraction of sp³-hybridized carbons (Fsp3) is 0.545. The predicted octanol–water partition coefficient (Wildman–Crippen LogP) is -0.577. The number of hydrogen-bond acceptors (Lipinski definition) is 5. The van der Waals surface area contributed by atoms with E-state index >= 15 is 0 Å². The summed E-state index contributed by atoms with van der Waals surface area (Å²) in [6, 6.07) is 0. The SMILES string of the molecule is COC(CCn1cc(C)c(=O)[nH]c1=O)COC=O. The molecule has 1 N–H and O–H groups in total. The maximum atomic E-state index is 11.5. The van der Waals surface area contributed by atoms with E-state index in [-0.39, 0.29) is 18.3 Å². The summed E-state index contributed by atoms with van der Waals surface area (Å²) in [6.45, 7) is 2.48. The van der Waals surface area contributed by atoms with Crippen LogP contribution in [0.3, 0.4) is 0 Å². The number of aromatic nitrogens is 2. The highest BCUT2D eigenvalue weighted by molar-refractivity contribution is 5.36. The molecule has 1 aromatic heterocycles. The number of H-pyrrole nitrogens is 1. The molecule has 18 heavy (non-hydrogen) atoms.